The topological polar surface area (TPSA) is 90.0 Å². The lowest BCUT2D eigenvalue weighted by Gasteiger charge is -2.37. The minimum absolute atomic E-state index is 0.00890. The fraction of sp³-hybridized carbons (Fsp3) is 0.556. The lowest BCUT2D eigenvalue weighted by atomic mass is 9.63. The van der Waals surface area contributed by atoms with E-state index in [2.05, 4.69) is 12.2 Å². The van der Waals surface area contributed by atoms with Crippen LogP contribution in [0.2, 0.25) is 0 Å². The van der Waals surface area contributed by atoms with E-state index in [1.54, 1.807) is 29.2 Å². The van der Waals surface area contributed by atoms with Gasteiger partial charge in [-0.05, 0) is 67.9 Å². The van der Waals surface area contributed by atoms with Gasteiger partial charge in [0.2, 0.25) is 11.8 Å². The summed E-state index contributed by atoms with van der Waals surface area (Å²) in [4.78, 5) is 53.2. The second-order valence-electron chi connectivity index (χ2n) is 10.5. The molecule has 1 aliphatic heterocycles. The number of benzene rings is 1. The smallest absolute Gasteiger partial charge is 0.309 e. The molecule has 7 rings (SSSR count). The van der Waals surface area contributed by atoms with Crippen LogP contribution in [-0.2, 0) is 19.1 Å². The molecule has 0 aromatic heterocycles. The Morgan fingerprint density at radius 1 is 0.971 bits per heavy atom. The molecule has 1 saturated heterocycles. The van der Waals surface area contributed by atoms with Crippen LogP contribution in [0.3, 0.4) is 0 Å². The van der Waals surface area contributed by atoms with Crippen molar-refractivity contribution in [1.29, 1.82) is 0 Å². The van der Waals surface area contributed by atoms with Crippen LogP contribution < -0.4 is 4.74 Å². The number of carbonyl (C=O) groups is 4. The fourth-order valence-electron chi connectivity index (χ4n) is 7.04. The van der Waals surface area contributed by atoms with Gasteiger partial charge >= 0.3 is 5.97 Å². The zero-order valence-electron chi connectivity index (χ0n) is 19.2. The summed E-state index contributed by atoms with van der Waals surface area (Å²) in [5.74, 6) is 0.929. The number of nitrogens with zero attached hydrogens (tertiary/aromatic N) is 1. The fourth-order valence-corrected chi connectivity index (χ4v) is 7.04. The number of likely N-dealkylation sites (tertiary alicyclic amines) is 1. The molecule has 5 aliphatic carbocycles. The minimum Gasteiger partial charge on any atom is -0.497 e. The van der Waals surface area contributed by atoms with Crippen LogP contribution in [0.1, 0.15) is 42.5 Å². The maximum Gasteiger partial charge on any atom is 0.309 e. The molecule has 7 nitrogen and oxygen atoms in total. The number of ether oxygens (including phenoxy) is 2. The first-order valence-corrected chi connectivity index (χ1v) is 12.4. The summed E-state index contributed by atoms with van der Waals surface area (Å²) in [6.45, 7) is -0.309. The number of rotatable bonds is 6. The molecule has 2 amide bonds. The van der Waals surface area contributed by atoms with Gasteiger partial charge in [-0.2, -0.15) is 0 Å². The third kappa shape index (κ3) is 3.31. The Bertz CT molecular complexity index is 1050. The van der Waals surface area contributed by atoms with E-state index in [0.29, 0.717) is 48.8 Å². The summed E-state index contributed by atoms with van der Waals surface area (Å²) in [6, 6.07) is 6.61. The number of esters is 1. The summed E-state index contributed by atoms with van der Waals surface area (Å²) in [5, 5.41) is 0. The van der Waals surface area contributed by atoms with Gasteiger partial charge in [-0.25, -0.2) is 0 Å². The molecule has 4 fully saturated rings. The van der Waals surface area contributed by atoms with Crippen LogP contribution in [-0.4, -0.2) is 48.2 Å². The predicted molar refractivity (Wildman–Crippen MR) is 121 cm³/mol. The molecule has 34 heavy (non-hydrogen) atoms. The number of carbonyl (C=O) groups excluding carboxylic acids is 4. The number of ketones is 1. The van der Waals surface area contributed by atoms with Crippen LogP contribution in [0.4, 0.5) is 0 Å². The van der Waals surface area contributed by atoms with Crippen molar-refractivity contribution in [2.75, 3.05) is 13.7 Å². The van der Waals surface area contributed by atoms with E-state index in [-0.39, 0.29) is 65.8 Å². The molecule has 178 valence electrons. The molecular formula is C27H29NO6. The van der Waals surface area contributed by atoms with E-state index in [4.69, 9.17) is 9.47 Å². The van der Waals surface area contributed by atoms with E-state index < -0.39 is 0 Å². The normalized spacial score (nSPS) is 37.3. The number of hydrogen-bond acceptors (Lipinski definition) is 6. The number of hydrogen-bond donors (Lipinski definition) is 0. The van der Waals surface area contributed by atoms with Gasteiger partial charge in [0.15, 0.2) is 12.4 Å². The Morgan fingerprint density at radius 3 is 2.24 bits per heavy atom. The van der Waals surface area contributed by atoms with Crippen LogP contribution in [0, 0.1) is 41.4 Å². The van der Waals surface area contributed by atoms with Gasteiger partial charge in [0.1, 0.15) is 5.75 Å². The molecule has 7 heteroatoms. The Morgan fingerprint density at radius 2 is 1.62 bits per heavy atom. The molecule has 0 radical (unpaired) electrons. The van der Waals surface area contributed by atoms with Crippen molar-refractivity contribution in [3.63, 3.8) is 0 Å². The maximum absolute atomic E-state index is 13.3. The SMILES string of the molecule is COc1cccc(C(=O)COC(=O)C2CCC(N3C(=O)[C@H]4[C@@H]5C=C[C@@H]([C@H]6C[C@H]56)[C@@H]4C3=O)CC2)c1. The molecular weight excluding hydrogens is 434 g/mol. The average Bonchev–Trinajstić information content (AvgIpc) is 3.65. The quantitative estimate of drug-likeness (QED) is 0.279. The van der Waals surface area contributed by atoms with Crippen molar-refractivity contribution in [3.05, 3.63) is 42.0 Å². The molecule has 6 atom stereocenters. The Balaban J connectivity index is 1.04. The van der Waals surface area contributed by atoms with Crippen LogP contribution in [0.15, 0.2) is 36.4 Å². The molecule has 0 N–H and O–H groups in total. The van der Waals surface area contributed by atoms with Gasteiger partial charge in [-0.1, -0.05) is 24.3 Å². The molecule has 6 aliphatic rings. The number of allylic oxidation sites excluding steroid dienone is 2. The summed E-state index contributed by atoms with van der Waals surface area (Å²) in [5.41, 5.74) is 0.435. The third-order valence-corrected chi connectivity index (χ3v) is 8.83. The summed E-state index contributed by atoms with van der Waals surface area (Å²) in [6.07, 6.45) is 7.86. The van der Waals surface area contributed by atoms with Gasteiger partial charge < -0.3 is 9.47 Å². The van der Waals surface area contributed by atoms with Crippen LogP contribution in [0.25, 0.3) is 0 Å². The first kappa shape index (κ1) is 21.6. The van der Waals surface area contributed by atoms with E-state index >= 15 is 0 Å². The number of Topliss-reactive ketones (excluding diaryl/α,β-unsaturated/α-hetero) is 1. The second-order valence-corrected chi connectivity index (χ2v) is 10.5. The molecule has 3 saturated carbocycles. The number of imide groups is 1. The molecule has 0 spiro atoms. The lowest BCUT2D eigenvalue weighted by molar-refractivity contribution is -0.149. The van der Waals surface area contributed by atoms with Gasteiger partial charge in [0, 0.05) is 11.6 Å². The van der Waals surface area contributed by atoms with E-state index in [9.17, 15) is 19.2 Å². The number of amides is 2. The van der Waals surface area contributed by atoms with Crippen molar-refractivity contribution in [3.8, 4) is 5.75 Å². The zero-order valence-corrected chi connectivity index (χ0v) is 19.2. The average molecular weight is 464 g/mol. The highest BCUT2D eigenvalue weighted by Gasteiger charge is 2.67. The predicted octanol–water partition coefficient (Wildman–Crippen LogP) is 3.03. The van der Waals surface area contributed by atoms with Gasteiger partial charge in [0.25, 0.3) is 0 Å². The second kappa shape index (κ2) is 8.07. The molecule has 1 heterocycles. The Labute approximate surface area is 198 Å². The van der Waals surface area contributed by atoms with Gasteiger partial charge in [-0.3, -0.25) is 24.1 Å². The van der Waals surface area contributed by atoms with Crippen molar-refractivity contribution >= 4 is 23.6 Å². The van der Waals surface area contributed by atoms with Gasteiger partial charge in [0.05, 0.1) is 24.9 Å². The van der Waals surface area contributed by atoms with E-state index in [0.717, 1.165) is 6.42 Å². The van der Waals surface area contributed by atoms with Crippen molar-refractivity contribution in [1.82, 2.24) is 4.90 Å². The zero-order chi connectivity index (χ0) is 23.6. The first-order valence-electron chi connectivity index (χ1n) is 12.4. The molecule has 0 unspecified atom stereocenters. The molecule has 1 aromatic rings. The van der Waals surface area contributed by atoms with E-state index in [1.807, 2.05) is 0 Å². The van der Waals surface area contributed by atoms with Crippen LogP contribution in [0.5, 0.6) is 5.75 Å². The minimum atomic E-state index is -0.384. The summed E-state index contributed by atoms with van der Waals surface area (Å²) in [7, 11) is 1.53. The van der Waals surface area contributed by atoms with Crippen molar-refractivity contribution in [2.45, 2.75) is 38.1 Å². The lowest BCUT2D eigenvalue weighted by Crippen LogP contribution is -2.44. The standard InChI is InChI=1S/C27H29NO6/c1-33-17-4-2-3-15(11-17)22(29)13-34-27(32)14-5-7-16(8-6-14)28-25(30)23-18-9-10-19(21-12-20(18)21)24(23)26(28)31/h2-4,9-11,14,16,18-21,23-24H,5-8,12-13H2,1H3/t14?,16?,18-,19+,20-,21-,23+,24+/m1/s1. The Hall–Kier alpha value is -2.96. The van der Waals surface area contributed by atoms with Gasteiger partial charge in [-0.15, -0.1) is 0 Å². The Kier molecular flexibility index (Phi) is 5.12. The highest BCUT2D eigenvalue weighted by atomic mass is 16.5. The first-order chi connectivity index (χ1) is 16.5. The van der Waals surface area contributed by atoms with E-state index in [1.165, 1.54) is 7.11 Å². The summed E-state index contributed by atoms with van der Waals surface area (Å²) < 4.78 is 10.5. The van der Waals surface area contributed by atoms with Crippen molar-refractivity contribution < 1.29 is 28.7 Å². The van der Waals surface area contributed by atoms with Crippen molar-refractivity contribution in [2.24, 2.45) is 41.4 Å². The summed E-state index contributed by atoms with van der Waals surface area (Å²) >= 11 is 0. The monoisotopic (exact) mass is 463 g/mol. The number of methoxy groups -OCH3 is 1. The highest BCUT2D eigenvalue weighted by molar-refractivity contribution is 6.06. The maximum atomic E-state index is 13.3. The largest absolute Gasteiger partial charge is 0.497 e. The molecule has 1 aromatic carbocycles. The third-order valence-electron chi connectivity index (χ3n) is 8.83. The van der Waals surface area contributed by atoms with Crippen LogP contribution >= 0.6 is 0 Å². The highest BCUT2D eigenvalue weighted by Crippen LogP contribution is 2.65. The molecule has 2 bridgehead atoms.